The van der Waals surface area contributed by atoms with Crippen molar-refractivity contribution < 1.29 is 33.6 Å². The lowest BCUT2D eigenvalue weighted by molar-refractivity contribution is -0.137. The number of β-lactam (4-membered cyclic amide) rings is 1. The molecule has 1 aliphatic heterocycles. The molecular weight excluding hydrogens is 438 g/mol. The quantitative estimate of drug-likeness (QED) is 0.482. The van der Waals surface area contributed by atoms with Crippen molar-refractivity contribution in [3.8, 4) is 28.7 Å². The average molecular weight is 466 g/mol. The second kappa shape index (κ2) is 9.93. The fraction of sp³-hybridized carbons (Fsp3) is 0.269. The van der Waals surface area contributed by atoms with E-state index < -0.39 is 18.1 Å². The third kappa shape index (κ3) is 4.20. The molecular formula is C26H27NO7. The van der Waals surface area contributed by atoms with Crippen LogP contribution in [0, 0.1) is 0 Å². The van der Waals surface area contributed by atoms with Crippen LogP contribution >= 0.6 is 0 Å². The van der Waals surface area contributed by atoms with E-state index in [1.807, 2.05) is 30.3 Å². The number of carbonyl (C=O) groups is 1. The third-order valence-corrected chi connectivity index (χ3v) is 5.76. The zero-order valence-corrected chi connectivity index (χ0v) is 19.5. The number of aliphatic hydroxyl groups excluding tert-OH is 1. The largest absolute Gasteiger partial charge is 0.493 e. The Balaban J connectivity index is 1.67. The molecule has 1 fully saturated rings. The first kappa shape index (κ1) is 23.3. The lowest BCUT2D eigenvalue weighted by Gasteiger charge is -2.45. The maximum absolute atomic E-state index is 12.7. The van der Waals surface area contributed by atoms with Crippen LogP contribution in [0.4, 0.5) is 5.69 Å². The SMILES string of the molecule is COc1ccc([C@H]2[C@@H](O)C(=O)N2c2cc(OC)c(OC)c(OC)c2)cc1OCc1ccccc1. The highest BCUT2D eigenvalue weighted by Gasteiger charge is 2.48. The lowest BCUT2D eigenvalue weighted by Crippen LogP contribution is -2.59. The van der Waals surface area contributed by atoms with Crippen LogP contribution in [0.3, 0.4) is 0 Å². The average Bonchev–Trinajstić information content (AvgIpc) is 2.89. The Labute approximate surface area is 198 Å². The molecule has 34 heavy (non-hydrogen) atoms. The smallest absolute Gasteiger partial charge is 0.259 e. The van der Waals surface area contributed by atoms with Gasteiger partial charge in [-0.25, -0.2) is 0 Å². The van der Waals surface area contributed by atoms with E-state index in [4.69, 9.17) is 23.7 Å². The van der Waals surface area contributed by atoms with Gasteiger partial charge in [-0.2, -0.15) is 0 Å². The number of anilines is 1. The molecule has 0 aliphatic carbocycles. The van der Waals surface area contributed by atoms with E-state index in [0.29, 0.717) is 46.6 Å². The van der Waals surface area contributed by atoms with E-state index in [1.54, 1.807) is 37.4 Å². The zero-order chi connectivity index (χ0) is 24.2. The van der Waals surface area contributed by atoms with Crippen LogP contribution in [0.1, 0.15) is 17.2 Å². The summed E-state index contributed by atoms with van der Waals surface area (Å²) in [7, 11) is 6.08. The number of ether oxygens (including phenoxy) is 5. The minimum Gasteiger partial charge on any atom is -0.493 e. The topological polar surface area (TPSA) is 86.7 Å². The van der Waals surface area contributed by atoms with Crippen LogP contribution in [0.25, 0.3) is 0 Å². The summed E-state index contributed by atoms with van der Waals surface area (Å²) in [6.07, 6.45) is -1.20. The highest BCUT2D eigenvalue weighted by atomic mass is 16.5. The normalized spacial score (nSPS) is 17.1. The van der Waals surface area contributed by atoms with Gasteiger partial charge in [0, 0.05) is 12.1 Å². The van der Waals surface area contributed by atoms with Crippen molar-refractivity contribution in [1.82, 2.24) is 0 Å². The molecule has 1 N–H and O–H groups in total. The van der Waals surface area contributed by atoms with E-state index in [2.05, 4.69) is 0 Å². The first-order chi connectivity index (χ1) is 16.5. The summed E-state index contributed by atoms with van der Waals surface area (Å²) in [5.74, 6) is 1.87. The summed E-state index contributed by atoms with van der Waals surface area (Å²) in [6.45, 7) is 0.351. The lowest BCUT2D eigenvalue weighted by atomic mass is 9.89. The number of benzene rings is 3. The third-order valence-electron chi connectivity index (χ3n) is 5.76. The Bertz CT molecular complexity index is 1140. The molecule has 0 radical (unpaired) electrons. The van der Waals surface area contributed by atoms with Gasteiger partial charge in [-0.1, -0.05) is 36.4 Å². The molecule has 8 heteroatoms. The fourth-order valence-electron chi connectivity index (χ4n) is 4.02. The van der Waals surface area contributed by atoms with Crippen LogP contribution < -0.4 is 28.6 Å². The Hall–Kier alpha value is -3.91. The van der Waals surface area contributed by atoms with Gasteiger partial charge in [0.1, 0.15) is 6.61 Å². The fourth-order valence-corrected chi connectivity index (χ4v) is 4.02. The number of amides is 1. The van der Waals surface area contributed by atoms with Crippen LogP contribution in [0.2, 0.25) is 0 Å². The van der Waals surface area contributed by atoms with Gasteiger partial charge in [-0.15, -0.1) is 0 Å². The molecule has 2 atom stereocenters. The minimum atomic E-state index is -1.20. The molecule has 1 aliphatic rings. The van der Waals surface area contributed by atoms with E-state index >= 15 is 0 Å². The predicted molar refractivity (Wildman–Crippen MR) is 126 cm³/mol. The number of rotatable bonds is 9. The van der Waals surface area contributed by atoms with Gasteiger partial charge in [-0.3, -0.25) is 9.69 Å². The van der Waals surface area contributed by atoms with E-state index in [0.717, 1.165) is 5.56 Å². The maximum Gasteiger partial charge on any atom is 0.259 e. The molecule has 3 aromatic rings. The van der Waals surface area contributed by atoms with E-state index in [-0.39, 0.29) is 0 Å². The van der Waals surface area contributed by atoms with Gasteiger partial charge in [0.15, 0.2) is 29.1 Å². The molecule has 4 rings (SSSR count). The first-order valence-electron chi connectivity index (χ1n) is 10.7. The van der Waals surface area contributed by atoms with Gasteiger partial charge >= 0.3 is 0 Å². The summed E-state index contributed by atoms with van der Waals surface area (Å²) in [5, 5.41) is 10.6. The van der Waals surface area contributed by atoms with Gasteiger partial charge in [0.25, 0.3) is 5.91 Å². The van der Waals surface area contributed by atoms with Crippen LogP contribution in [0.15, 0.2) is 60.7 Å². The monoisotopic (exact) mass is 465 g/mol. The highest BCUT2D eigenvalue weighted by molar-refractivity contribution is 6.05. The van der Waals surface area contributed by atoms with Crippen molar-refractivity contribution in [3.05, 3.63) is 71.8 Å². The summed E-state index contributed by atoms with van der Waals surface area (Å²) in [6, 6.07) is 17.8. The van der Waals surface area contributed by atoms with Crippen molar-refractivity contribution in [2.45, 2.75) is 18.8 Å². The van der Waals surface area contributed by atoms with E-state index in [1.165, 1.54) is 26.2 Å². The number of hydrogen-bond donors (Lipinski definition) is 1. The molecule has 0 spiro atoms. The summed E-state index contributed by atoms with van der Waals surface area (Å²) >= 11 is 0. The minimum absolute atomic E-state index is 0.351. The van der Waals surface area contributed by atoms with Gasteiger partial charge < -0.3 is 28.8 Å². The van der Waals surface area contributed by atoms with Crippen LogP contribution in [0.5, 0.6) is 28.7 Å². The van der Waals surface area contributed by atoms with Crippen molar-refractivity contribution >= 4 is 11.6 Å². The zero-order valence-electron chi connectivity index (χ0n) is 19.5. The number of nitrogens with zero attached hydrogens (tertiary/aromatic N) is 1. The van der Waals surface area contributed by atoms with Crippen molar-refractivity contribution in [2.24, 2.45) is 0 Å². The van der Waals surface area contributed by atoms with Crippen molar-refractivity contribution in [3.63, 3.8) is 0 Å². The van der Waals surface area contributed by atoms with Gasteiger partial charge in [-0.05, 0) is 23.3 Å². The van der Waals surface area contributed by atoms with Crippen molar-refractivity contribution in [1.29, 1.82) is 0 Å². The van der Waals surface area contributed by atoms with E-state index in [9.17, 15) is 9.90 Å². The Morgan fingerprint density at radius 1 is 0.794 bits per heavy atom. The van der Waals surface area contributed by atoms with Gasteiger partial charge in [0.05, 0.1) is 40.2 Å². The summed E-state index contributed by atoms with van der Waals surface area (Å²) in [4.78, 5) is 14.2. The molecule has 1 amide bonds. The van der Waals surface area contributed by atoms with Gasteiger partial charge in [0.2, 0.25) is 5.75 Å². The highest BCUT2D eigenvalue weighted by Crippen LogP contribution is 2.47. The predicted octanol–water partition coefficient (Wildman–Crippen LogP) is 3.75. The Kier molecular flexibility index (Phi) is 6.79. The molecule has 0 bridgehead atoms. The first-order valence-corrected chi connectivity index (χ1v) is 10.7. The number of methoxy groups -OCH3 is 4. The van der Waals surface area contributed by atoms with Crippen LogP contribution in [-0.4, -0.2) is 45.6 Å². The molecule has 1 heterocycles. The second-order valence-electron chi connectivity index (χ2n) is 7.67. The molecule has 178 valence electrons. The molecule has 0 aromatic heterocycles. The van der Waals surface area contributed by atoms with Crippen LogP contribution in [-0.2, 0) is 11.4 Å². The summed E-state index contributed by atoms with van der Waals surface area (Å²) in [5.41, 5.74) is 2.22. The molecule has 0 unspecified atom stereocenters. The Morgan fingerprint density at radius 3 is 2.03 bits per heavy atom. The van der Waals surface area contributed by atoms with Crippen molar-refractivity contribution in [2.75, 3.05) is 33.3 Å². The number of hydrogen-bond acceptors (Lipinski definition) is 7. The number of carbonyl (C=O) groups excluding carboxylic acids is 1. The molecule has 1 saturated heterocycles. The molecule has 0 saturated carbocycles. The summed E-state index contributed by atoms with van der Waals surface area (Å²) < 4.78 is 27.7. The standard InChI is InChI=1S/C26H27NO7/c1-30-19-11-10-17(12-20(19)34-15-16-8-6-5-7-9-16)23-24(28)26(29)27(23)18-13-21(31-2)25(33-4)22(14-18)32-3/h5-14,23-24,28H,15H2,1-4H3/t23-,24+/m0/s1. The number of aliphatic hydroxyl groups is 1. The Morgan fingerprint density at radius 2 is 1.44 bits per heavy atom. The second-order valence-corrected chi connectivity index (χ2v) is 7.67. The molecule has 8 nitrogen and oxygen atoms in total. The maximum atomic E-state index is 12.7. The molecule has 3 aromatic carbocycles.